The fourth-order valence-corrected chi connectivity index (χ4v) is 3.84. The average molecular weight is 419 g/mol. The summed E-state index contributed by atoms with van der Waals surface area (Å²) in [5, 5.41) is 20.0. The number of carbonyl (C=O) groups is 1. The number of hydrogen-bond donors (Lipinski definition) is 2. The van der Waals surface area contributed by atoms with Crippen LogP contribution in [0.4, 0.5) is 0 Å². The molecule has 1 saturated heterocycles. The maximum Gasteiger partial charge on any atom is 0.331 e. The van der Waals surface area contributed by atoms with Crippen molar-refractivity contribution >= 4 is 5.97 Å². The number of rotatable bonds is 7. The van der Waals surface area contributed by atoms with Crippen LogP contribution in [0.5, 0.6) is 0 Å². The number of aliphatic hydroxyl groups excluding tert-OH is 2. The van der Waals surface area contributed by atoms with Gasteiger partial charge in [0.1, 0.15) is 5.60 Å². The summed E-state index contributed by atoms with van der Waals surface area (Å²) >= 11 is 0. The molecule has 1 heterocycles. The minimum atomic E-state index is -0.565. The van der Waals surface area contributed by atoms with Gasteiger partial charge in [0.2, 0.25) is 0 Å². The van der Waals surface area contributed by atoms with Crippen LogP contribution in [0.1, 0.15) is 66.7 Å². The summed E-state index contributed by atoms with van der Waals surface area (Å²) in [5.74, 6) is -0.372. The molecule has 0 aromatic carbocycles. The van der Waals surface area contributed by atoms with Gasteiger partial charge in [-0.15, -0.1) is 0 Å². The Bertz CT molecular complexity index is 730. The molecule has 1 aliphatic carbocycles. The molecule has 0 bridgehead atoms. The van der Waals surface area contributed by atoms with E-state index in [2.05, 4.69) is 25.7 Å². The van der Waals surface area contributed by atoms with Gasteiger partial charge in [-0.25, -0.2) is 4.79 Å². The highest BCUT2D eigenvalue weighted by Gasteiger charge is 2.58. The van der Waals surface area contributed by atoms with E-state index in [-0.39, 0.29) is 24.1 Å². The zero-order valence-electron chi connectivity index (χ0n) is 19.1. The van der Waals surface area contributed by atoms with E-state index < -0.39 is 17.8 Å². The fourth-order valence-electron chi connectivity index (χ4n) is 3.84. The average Bonchev–Trinajstić information content (AvgIpc) is 3.33. The summed E-state index contributed by atoms with van der Waals surface area (Å²) in [5.41, 5.74) is 1.80. The molecule has 2 rings (SSSR count). The first kappa shape index (κ1) is 24.6. The van der Waals surface area contributed by atoms with Crippen molar-refractivity contribution in [3.05, 3.63) is 47.6 Å². The SMILES string of the molecule is C=C(C)C(O)CC[C@]1(C)/C=C/[C@@H](OC(=O)C=C(C)C)[C@]2(C)O[C@H]2CC/C(CO)=C\C1. The van der Waals surface area contributed by atoms with Crippen LogP contribution in [0.25, 0.3) is 0 Å². The van der Waals surface area contributed by atoms with Gasteiger partial charge in [0.05, 0.1) is 18.8 Å². The summed E-state index contributed by atoms with van der Waals surface area (Å²) in [6.07, 6.45) is 10.2. The van der Waals surface area contributed by atoms with Crippen LogP contribution in [0.15, 0.2) is 47.6 Å². The van der Waals surface area contributed by atoms with Crippen molar-refractivity contribution in [3.8, 4) is 0 Å². The molecule has 168 valence electrons. The zero-order valence-corrected chi connectivity index (χ0v) is 19.1. The van der Waals surface area contributed by atoms with E-state index in [1.165, 1.54) is 6.08 Å². The lowest BCUT2D eigenvalue weighted by molar-refractivity contribution is -0.143. The Balaban J connectivity index is 2.30. The summed E-state index contributed by atoms with van der Waals surface area (Å²) in [6.45, 7) is 13.5. The van der Waals surface area contributed by atoms with Crippen molar-refractivity contribution < 1.29 is 24.5 Å². The number of aliphatic hydroxyl groups is 2. The number of carbonyl (C=O) groups excluding carboxylic acids is 1. The molecule has 0 aromatic heterocycles. The van der Waals surface area contributed by atoms with Gasteiger partial charge in [0, 0.05) is 6.08 Å². The van der Waals surface area contributed by atoms with Gasteiger partial charge >= 0.3 is 5.97 Å². The topological polar surface area (TPSA) is 79.3 Å². The molecule has 5 nitrogen and oxygen atoms in total. The van der Waals surface area contributed by atoms with Crippen molar-refractivity contribution in [2.75, 3.05) is 6.61 Å². The lowest BCUT2D eigenvalue weighted by atomic mass is 9.79. The second-order valence-corrected chi connectivity index (χ2v) is 9.55. The highest BCUT2D eigenvalue weighted by Crippen LogP contribution is 2.45. The lowest BCUT2D eigenvalue weighted by Gasteiger charge is -2.28. The molecule has 1 fully saturated rings. The molecule has 0 saturated carbocycles. The monoisotopic (exact) mass is 418 g/mol. The van der Waals surface area contributed by atoms with Crippen molar-refractivity contribution in [1.82, 2.24) is 0 Å². The maximum absolute atomic E-state index is 12.3. The Morgan fingerprint density at radius 1 is 1.40 bits per heavy atom. The summed E-state index contributed by atoms with van der Waals surface area (Å²) in [7, 11) is 0. The van der Waals surface area contributed by atoms with Crippen molar-refractivity contribution in [2.24, 2.45) is 5.41 Å². The van der Waals surface area contributed by atoms with Crippen LogP contribution in [0.2, 0.25) is 0 Å². The van der Waals surface area contributed by atoms with E-state index in [4.69, 9.17) is 9.47 Å². The van der Waals surface area contributed by atoms with E-state index in [0.717, 1.165) is 42.4 Å². The highest BCUT2D eigenvalue weighted by atomic mass is 16.6. The van der Waals surface area contributed by atoms with E-state index in [1.54, 1.807) is 0 Å². The number of fused-ring (bicyclic) bond motifs is 1. The molecular weight excluding hydrogens is 380 g/mol. The smallest absolute Gasteiger partial charge is 0.331 e. The van der Waals surface area contributed by atoms with Gasteiger partial charge in [-0.2, -0.15) is 0 Å². The number of esters is 1. The van der Waals surface area contributed by atoms with Crippen LogP contribution < -0.4 is 0 Å². The third kappa shape index (κ3) is 6.66. The Labute approximate surface area is 181 Å². The van der Waals surface area contributed by atoms with E-state index >= 15 is 0 Å². The first-order valence-corrected chi connectivity index (χ1v) is 10.8. The molecule has 1 unspecified atom stereocenters. The minimum Gasteiger partial charge on any atom is -0.452 e. The van der Waals surface area contributed by atoms with Gasteiger partial charge < -0.3 is 19.7 Å². The van der Waals surface area contributed by atoms with Gasteiger partial charge in [-0.05, 0) is 76.9 Å². The molecule has 2 N–H and O–H groups in total. The molecule has 2 aliphatic rings. The molecule has 0 amide bonds. The molecular formula is C25H38O5. The van der Waals surface area contributed by atoms with E-state index in [1.807, 2.05) is 33.8 Å². The maximum atomic E-state index is 12.3. The first-order valence-electron chi connectivity index (χ1n) is 10.8. The Kier molecular flexibility index (Phi) is 8.26. The van der Waals surface area contributed by atoms with Crippen LogP contribution >= 0.6 is 0 Å². The van der Waals surface area contributed by atoms with Gasteiger partial charge in [0.25, 0.3) is 0 Å². The Morgan fingerprint density at radius 3 is 2.70 bits per heavy atom. The third-order valence-corrected chi connectivity index (χ3v) is 6.21. The quantitative estimate of drug-likeness (QED) is 0.277. The zero-order chi connectivity index (χ0) is 22.5. The van der Waals surface area contributed by atoms with E-state index in [0.29, 0.717) is 6.42 Å². The van der Waals surface area contributed by atoms with Crippen LogP contribution in [0.3, 0.4) is 0 Å². The van der Waals surface area contributed by atoms with Crippen LogP contribution in [-0.4, -0.2) is 46.7 Å². The molecule has 5 atom stereocenters. The van der Waals surface area contributed by atoms with Crippen molar-refractivity contribution in [2.45, 2.75) is 90.6 Å². The molecule has 0 radical (unpaired) electrons. The fraction of sp³-hybridized carbons (Fsp3) is 0.640. The number of epoxide rings is 1. The van der Waals surface area contributed by atoms with Crippen molar-refractivity contribution in [3.63, 3.8) is 0 Å². The predicted molar refractivity (Wildman–Crippen MR) is 119 cm³/mol. The van der Waals surface area contributed by atoms with Crippen LogP contribution in [0, 0.1) is 5.41 Å². The largest absolute Gasteiger partial charge is 0.452 e. The lowest BCUT2D eigenvalue weighted by Crippen LogP contribution is -2.32. The second-order valence-electron chi connectivity index (χ2n) is 9.55. The number of ether oxygens (including phenoxy) is 2. The van der Waals surface area contributed by atoms with Gasteiger partial charge in [-0.1, -0.05) is 36.8 Å². The normalized spacial score (nSPS) is 35.0. The standard InChI is InChI=1S/C25H38O5/c1-17(2)15-23(28)29-21-11-14-24(5,13-10-20(27)18(3)4)12-9-19(16-26)7-8-22-25(21,6)30-22/h9,11,14-15,20-22,26-27H,3,7-8,10,12-13,16H2,1-2,4-6H3/b14-11+,19-9+/t20?,21-,22+,24-,25+/m1/s1. The van der Waals surface area contributed by atoms with Crippen molar-refractivity contribution in [1.29, 1.82) is 0 Å². The highest BCUT2D eigenvalue weighted by molar-refractivity contribution is 5.83. The van der Waals surface area contributed by atoms with Crippen LogP contribution in [-0.2, 0) is 14.3 Å². The summed E-state index contributed by atoms with van der Waals surface area (Å²) in [6, 6.07) is 0. The predicted octanol–water partition coefficient (Wildman–Crippen LogP) is 4.40. The molecule has 0 spiro atoms. The van der Waals surface area contributed by atoms with Gasteiger partial charge in [-0.3, -0.25) is 0 Å². The summed E-state index contributed by atoms with van der Waals surface area (Å²) in [4.78, 5) is 12.3. The second kappa shape index (κ2) is 10.1. The minimum absolute atomic E-state index is 0.0174. The molecule has 5 heteroatoms. The molecule has 30 heavy (non-hydrogen) atoms. The van der Waals surface area contributed by atoms with E-state index in [9.17, 15) is 15.0 Å². The Morgan fingerprint density at radius 2 is 2.10 bits per heavy atom. The number of hydrogen-bond acceptors (Lipinski definition) is 5. The first-order chi connectivity index (χ1) is 14.0. The number of allylic oxidation sites excluding steroid dienone is 3. The molecule has 1 aliphatic heterocycles. The molecule has 0 aromatic rings. The Hall–Kier alpha value is -1.69. The van der Waals surface area contributed by atoms with Gasteiger partial charge in [0.15, 0.2) is 6.10 Å². The third-order valence-electron chi connectivity index (χ3n) is 6.21. The summed E-state index contributed by atoms with van der Waals surface area (Å²) < 4.78 is 11.8.